The fourth-order valence-corrected chi connectivity index (χ4v) is 2.74. The molecule has 6 heteroatoms. The average molecular weight is 301 g/mol. The molecule has 1 aliphatic rings. The maximum atomic E-state index is 12.7. The standard InChI is InChI=1S/C15H22F3N3/c1-3-19-11(2)12-4-7-20-14(10-12)21-8-5-13(6-9-21)15(16,17)18/h4,7,10-11,13,19H,3,5-6,8-9H2,1-2H3. The number of pyridine rings is 1. The van der Waals surface area contributed by atoms with Crippen molar-refractivity contribution < 1.29 is 13.2 Å². The molecule has 0 bridgehead atoms. The van der Waals surface area contributed by atoms with Crippen LogP contribution in [0.5, 0.6) is 0 Å². The highest BCUT2D eigenvalue weighted by Gasteiger charge is 2.41. The minimum absolute atomic E-state index is 0.151. The minimum Gasteiger partial charge on any atom is -0.357 e. The lowest BCUT2D eigenvalue weighted by atomic mass is 9.96. The number of hydrogen-bond acceptors (Lipinski definition) is 3. The van der Waals surface area contributed by atoms with Gasteiger partial charge in [0.15, 0.2) is 0 Å². The lowest BCUT2D eigenvalue weighted by molar-refractivity contribution is -0.179. The molecule has 21 heavy (non-hydrogen) atoms. The van der Waals surface area contributed by atoms with Gasteiger partial charge in [-0.05, 0) is 44.0 Å². The van der Waals surface area contributed by atoms with Crippen LogP contribution in [0.15, 0.2) is 18.3 Å². The van der Waals surface area contributed by atoms with E-state index in [0.29, 0.717) is 13.1 Å². The van der Waals surface area contributed by atoms with Crippen molar-refractivity contribution in [2.45, 2.75) is 38.9 Å². The summed E-state index contributed by atoms with van der Waals surface area (Å²) in [5.41, 5.74) is 1.11. The normalized spacial score (nSPS) is 18.8. The number of anilines is 1. The SMILES string of the molecule is CCNC(C)c1ccnc(N2CCC(C(F)(F)F)CC2)c1. The Morgan fingerprint density at radius 2 is 2.05 bits per heavy atom. The second-order valence-corrected chi connectivity index (χ2v) is 5.53. The molecule has 1 N–H and O–H groups in total. The molecule has 1 aromatic heterocycles. The molecule has 0 aliphatic carbocycles. The van der Waals surface area contributed by atoms with Crippen LogP contribution >= 0.6 is 0 Å². The fourth-order valence-electron chi connectivity index (χ4n) is 2.74. The maximum Gasteiger partial charge on any atom is 0.391 e. The number of nitrogens with one attached hydrogen (secondary N) is 1. The monoisotopic (exact) mass is 301 g/mol. The van der Waals surface area contributed by atoms with E-state index in [1.807, 2.05) is 24.0 Å². The summed E-state index contributed by atoms with van der Waals surface area (Å²) in [5, 5.41) is 3.32. The fraction of sp³-hybridized carbons (Fsp3) is 0.667. The second kappa shape index (κ2) is 6.64. The number of rotatable bonds is 4. The molecule has 0 aromatic carbocycles. The van der Waals surface area contributed by atoms with E-state index < -0.39 is 12.1 Å². The Bertz CT molecular complexity index is 454. The van der Waals surface area contributed by atoms with E-state index in [1.54, 1.807) is 6.20 Å². The zero-order valence-electron chi connectivity index (χ0n) is 12.5. The van der Waals surface area contributed by atoms with Crippen LogP contribution in [0.3, 0.4) is 0 Å². The van der Waals surface area contributed by atoms with E-state index in [-0.39, 0.29) is 18.9 Å². The van der Waals surface area contributed by atoms with Crippen LogP contribution < -0.4 is 10.2 Å². The minimum atomic E-state index is -4.07. The summed E-state index contributed by atoms with van der Waals surface area (Å²) in [6.45, 7) is 5.81. The maximum absolute atomic E-state index is 12.7. The first-order valence-corrected chi connectivity index (χ1v) is 7.42. The van der Waals surface area contributed by atoms with Gasteiger partial charge in [-0.2, -0.15) is 13.2 Å². The van der Waals surface area contributed by atoms with E-state index in [4.69, 9.17) is 0 Å². The number of hydrogen-bond donors (Lipinski definition) is 1. The van der Waals surface area contributed by atoms with Crippen LogP contribution in [0.1, 0.15) is 38.3 Å². The third-order valence-electron chi connectivity index (χ3n) is 4.06. The van der Waals surface area contributed by atoms with Crippen molar-refractivity contribution in [2.24, 2.45) is 5.92 Å². The second-order valence-electron chi connectivity index (χ2n) is 5.53. The molecule has 0 amide bonds. The molecule has 1 atom stereocenters. The Morgan fingerprint density at radius 3 is 2.62 bits per heavy atom. The molecule has 0 radical (unpaired) electrons. The number of halogens is 3. The van der Waals surface area contributed by atoms with Crippen LogP contribution in [0.4, 0.5) is 19.0 Å². The van der Waals surface area contributed by atoms with Gasteiger partial charge in [-0.25, -0.2) is 4.98 Å². The summed E-state index contributed by atoms with van der Waals surface area (Å²) < 4.78 is 38.0. The summed E-state index contributed by atoms with van der Waals surface area (Å²) in [5.74, 6) is -0.393. The van der Waals surface area contributed by atoms with Gasteiger partial charge in [-0.15, -0.1) is 0 Å². The average Bonchev–Trinajstić information content (AvgIpc) is 2.47. The van der Waals surface area contributed by atoms with E-state index >= 15 is 0 Å². The van der Waals surface area contributed by atoms with Crippen molar-refractivity contribution in [3.63, 3.8) is 0 Å². The summed E-state index contributed by atoms with van der Waals surface area (Å²) in [6.07, 6.45) is -2.04. The van der Waals surface area contributed by atoms with Gasteiger partial charge in [0, 0.05) is 25.3 Å². The van der Waals surface area contributed by atoms with Crippen LogP contribution in [0.25, 0.3) is 0 Å². The third-order valence-corrected chi connectivity index (χ3v) is 4.06. The summed E-state index contributed by atoms with van der Waals surface area (Å²) in [4.78, 5) is 6.26. The zero-order valence-corrected chi connectivity index (χ0v) is 12.5. The molecule has 1 fully saturated rings. The first-order chi connectivity index (χ1) is 9.91. The number of piperidine rings is 1. The molecule has 118 valence electrons. The summed E-state index contributed by atoms with van der Waals surface area (Å²) in [7, 11) is 0. The zero-order chi connectivity index (χ0) is 15.5. The molecule has 1 aromatic rings. The topological polar surface area (TPSA) is 28.2 Å². The lowest BCUT2D eigenvalue weighted by Crippen LogP contribution is -2.39. The Balaban J connectivity index is 2.02. The van der Waals surface area contributed by atoms with Gasteiger partial charge in [-0.1, -0.05) is 6.92 Å². The molecule has 0 saturated carbocycles. The predicted octanol–water partition coefficient (Wildman–Crippen LogP) is 3.53. The van der Waals surface area contributed by atoms with Gasteiger partial charge in [0.1, 0.15) is 5.82 Å². The molecule has 1 aliphatic heterocycles. The Labute approximate surface area is 123 Å². The van der Waals surface area contributed by atoms with Crippen molar-refractivity contribution in [1.29, 1.82) is 0 Å². The molecule has 2 rings (SSSR count). The highest BCUT2D eigenvalue weighted by molar-refractivity contribution is 5.42. The van der Waals surface area contributed by atoms with Crippen molar-refractivity contribution in [2.75, 3.05) is 24.5 Å². The predicted molar refractivity (Wildman–Crippen MR) is 77.3 cm³/mol. The molecule has 3 nitrogen and oxygen atoms in total. The van der Waals surface area contributed by atoms with Crippen LogP contribution in [-0.4, -0.2) is 30.8 Å². The Morgan fingerprint density at radius 1 is 1.38 bits per heavy atom. The number of nitrogens with zero attached hydrogens (tertiary/aromatic N) is 2. The van der Waals surface area contributed by atoms with Gasteiger partial charge < -0.3 is 10.2 Å². The molecule has 1 saturated heterocycles. The lowest BCUT2D eigenvalue weighted by Gasteiger charge is -2.34. The molecule has 0 spiro atoms. The summed E-state index contributed by atoms with van der Waals surface area (Å²) >= 11 is 0. The van der Waals surface area contributed by atoms with Crippen molar-refractivity contribution in [3.05, 3.63) is 23.9 Å². The Kier molecular flexibility index (Phi) is 5.08. The van der Waals surface area contributed by atoms with E-state index in [0.717, 1.165) is 17.9 Å². The van der Waals surface area contributed by atoms with Gasteiger partial charge in [0.2, 0.25) is 0 Å². The first-order valence-electron chi connectivity index (χ1n) is 7.42. The van der Waals surface area contributed by atoms with Crippen LogP contribution in [0.2, 0.25) is 0 Å². The molecular weight excluding hydrogens is 279 g/mol. The van der Waals surface area contributed by atoms with E-state index in [9.17, 15) is 13.2 Å². The number of aromatic nitrogens is 1. The summed E-state index contributed by atoms with van der Waals surface area (Å²) in [6, 6.07) is 4.13. The van der Waals surface area contributed by atoms with Gasteiger partial charge >= 0.3 is 6.18 Å². The van der Waals surface area contributed by atoms with Crippen LogP contribution in [0, 0.1) is 5.92 Å². The van der Waals surface area contributed by atoms with Crippen molar-refractivity contribution >= 4 is 5.82 Å². The Hall–Kier alpha value is -1.30. The number of alkyl halides is 3. The molecular formula is C15H22F3N3. The smallest absolute Gasteiger partial charge is 0.357 e. The largest absolute Gasteiger partial charge is 0.391 e. The van der Waals surface area contributed by atoms with Crippen molar-refractivity contribution in [3.8, 4) is 0 Å². The van der Waals surface area contributed by atoms with Gasteiger partial charge in [0.05, 0.1) is 5.92 Å². The first kappa shape index (κ1) is 16.1. The molecule has 1 unspecified atom stereocenters. The van der Waals surface area contributed by atoms with Crippen LogP contribution in [-0.2, 0) is 0 Å². The van der Waals surface area contributed by atoms with Crippen molar-refractivity contribution in [1.82, 2.24) is 10.3 Å². The van der Waals surface area contributed by atoms with Gasteiger partial charge in [0.25, 0.3) is 0 Å². The quantitative estimate of drug-likeness (QED) is 0.922. The molecule has 2 heterocycles. The third kappa shape index (κ3) is 4.09. The highest BCUT2D eigenvalue weighted by atomic mass is 19.4. The van der Waals surface area contributed by atoms with E-state index in [2.05, 4.69) is 17.2 Å². The van der Waals surface area contributed by atoms with Gasteiger partial charge in [-0.3, -0.25) is 0 Å². The van der Waals surface area contributed by atoms with E-state index in [1.165, 1.54) is 0 Å². The highest BCUT2D eigenvalue weighted by Crippen LogP contribution is 2.35.